The van der Waals surface area contributed by atoms with E-state index in [1.54, 1.807) is 0 Å². The van der Waals surface area contributed by atoms with Crippen LogP contribution in [0.5, 0.6) is 0 Å². The fourth-order valence-electron chi connectivity index (χ4n) is 7.73. The van der Waals surface area contributed by atoms with Gasteiger partial charge >= 0.3 is 29.8 Å². The summed E-state index contributed by atoms with van der Waals surface area (Å²) < 4.78 is 34.9. The summed E-state index contributed by atoms with van der Waals surface area (Å²) in [5.74, 6) is -3.71. The number of hydrogen-bond donors (Lipinski definition) is 1. The first-order valence-corrected chi connectivity index (χ1v) is 14.6. The van der Waals surface area contributed by atoms with Crippen molar-refractivity contribution in [2.45, 2.75) is 97.2 Å². The minimum absolute atomic E-state index is 0.110. The van der Waals surface area contributed by atoms with Crippen molar-refractivity contribution in [3.8, 4) is 0 Å². The van der Waals surface area contributed by atoms with Gasteiger partial charge in [-0.15, -0.1) is 0 Å². The number of aliphatic hydroxyl groups is 1. The average Bonchev–Trinajstić information content (AvgIpc) is 3.60. The second kappa shape index (κ2) is 12.0. The number of ether oxygens (including phenoxy) is 6. The second-order valence-electron chi connectivity index (χ2n) is 12.6. The monoisotopic (exact) mass is 606 g/mol. The largest absolute Gasteiger partial charge is 0.462 e. The number of hydrogen-bond acceptors (Lipinski definition) is 12. The molecule has 1 saturated heterocycles. The zero-order valence-electron chi connectivity index (χ0n) is 25.6. The van der Waals surface area contributed by atoms with Crippen LogP contribution in [0.4, 0.5) is 0 Å². The number of aliphatic hydroxyl groups excluding tert-OH is 1. The molecule has 4 rings (SSSR count). The maximum atomic E-state index is 13.1. The highest BCUT2D eigenvalue weighted by molar-refractivity contribution is 5.88. The summed E-state index contributed by atoms with van der Waals surface area (Å²) in [6, 6.07) is 0. The Morgan fingerprint density at radius 1 is 1.07 bits per heavy atom. The average molecular weight is 607 g/mol. The van der Waals surface area contributed by atoms with Crippen molar-refractivity contribution in [3.05, 3.63) is 23.8 Å². The molecule has 2 heterocycles. The van der Waals surface area contributed by atoms with Gasteiger partial charge in [0.25, 0.3) is 0 Å². The molecule has 1 spiro atoms. The molecule has 238 valence electrons. The molecule has 2 aliphatic heterocycles. The van der Waals surface area contributed by atoms with E-state index in [1.165, 1.54) is 33.8 Å². The van der Waals surface area contributed by atoms with Crippen molar-refractivity contribution in [2.75, 3.05) is 19.8 Å². The molecular formula is C31H42O12. The van der Waals surface area contributed by atoms with Crippen LogP contribution in [-0.2, 0) is 52.4 Å². The van der Waals surface area contributed by atoms with Gasteiger partial charge in [-0.1, -0.05) is 20.4 Å². The Balaban J connectivity index is 1.91. The van der Waals surface area contributed by atoms with Gasteiger partial charge in [-0.2, -0.15) is 0 Å². The van der Waals surface area contributed by atoms with E-state index in [-0.39, 0.29) is 37.7 Å². The lowest BCUT2D eigenvalue weighted by molar-refractivity contribution is -0.275. The highest BCUT2D eigenvalue weighted by Crippen LogP contribution is 2.70. The standard InChI is InChI=1S/C31H42O12/c1-16-10-24(42-20(5)34)30(14-39-28(37)17(2)18(3)32)27(29(16,7)9-8-22-11-26(36)38-13-22)23(41-19(4)33)12-25(43-21(6)35)31(30)15-40-31/h11,16,18,23-25,27,32H,2,8-10,12-15H2,1,3-7H3/t16-,18-,23+,24+,25+,27-,29+,30-,31-/m1/s1. The molecule has 0 bridgehead atoms. The number of carbonyl (C=O) groups is 5. The van der Waals surface area contributed by atoms with E-state index >= 15 is 0 Å². The first-order chi connectivity index (χ1) is 20.1. The summed E-state index contributed by atoms with van der Waals surface area (Å²) in [6.45, 7) is 12.9. The molecule has 4 aliphatic rings. The third-order valence-corrected chi connectivity index (χ3v) is 9.96. The van der Waals surface area contributed by atoms with E-state index in [1.807, 2.05) is 6.92 Å². The zero-order valence-corrected chi connectivity index (χ0v) is 25.6. The van der Waals surface area contributed by atoms with E-state index in [0.29, 0.717) is 19.3 Å². The quantitative estimate of drug-likeness (QED) is 0.167. The van der Waals surface area contributed by atoms with Crippen LogP contribution in [0.15, 0.2) is 23.8 Å². The molecule has 0 unspecified atom stereocenters. The lowest BCUT2D eigenvalue weighted by atomic mass is 9.41. The second-order valence-corrected chi connectivity index (χ2v) is 12.6. The van der Waals surface area contributed by atoms with E-state index in [4.69, 9.17) is 28.4 Å². The molecule has 12 heteroatoms. The zero-order chi connectivity index (χ0) is 31.9. The molecule has 3 fully saturated rings. The SMILES string of the molecule is C=C(C(=O)OC[C@@]12[C@@H](OC(C)=O)C[C@@H](C)[C@](C)(CCC3=CC(=O)OC3)[C@H]1[C@@H](OC(C)=O)C[C@H](OC(C)=O)[C@]21CO1)[C@@H](C)O. The van der Waals surface area contributed by atoms with Crippen LogP contribution < -0.4 is 0 Å². The molecule has 0 radical (unpaired) electrons. The van der Waals surface area contributed by atoms with Gasteiger partial charge in [-0.25, -0.2) is 9.59 Å². The minimum atomic E-state index is -1.34. The molecule has 9 atom stereocenters. The van der Waals surface area contributed by atoms with Crippen LogP contribution in [-0.4, -0.2) is 84.8 Å². The topological polar surface area (TPSA) is 164 Å². The van der Waals surface area contributed by atoms with Gasteiger partial charge in [0.15, 0.2) is 0 Å². The molecular weight excluding hydrogens is 564 g/mol. The van der Waals surface area contributed by atoms with Crippen molar-refractivity contribution >= 4 is 29.8 Å². The summed E-state index contributed by atoms with van der Waals surface area (Å²) in [4.78, 5) is 62.3. The third kappa shape index (κ3) is 5.95. The summed E-state index contributed by atoms with van der Waals surface area (Å²) >= 11 is 0. The number of carbonyl (C=O) groups excluding carboxylic acids is 5. The predicted octanol–water partition coefficient (Wildman–Crippen LogP) is 2.35. The molecule has 0 aromatic heterocycles. The van der Waals surface area contributed by atoms with Crippen molar-refractivity contribution < 1.29 is 57.5 Å². The minimum Gasteiger partial charge on any atom is -0.462 e. The van der Waals surface area contributed by atoms with Gasteiger partial charge < -0.3 is 33.5 Å². The number of esters is 5. The van der Waals surface area contributed by atoms with E-state index in [0.717, 1.165) is 5.57 Å². The smallest absolute Gasteiger partial charge is 0.336 e. The maximum Gasteiger partial charge on any atom is 0.336 e. The van der Waals surface area contributed by atoms with Crippen molar-refractivity contribution in [2.24, 2.45) is 22.7 Å². The Morgan fingerprint density at radius 3 is 2.19 bits per heavy atom. The molecule has 2 saturated carbocycles. The Hall–Kier alpha value is -3.25. The summed E-state index contributed by atoms with van der Waals surface area (Å²) in [5.41, 5.74) is -2.59. The van der Waals surface area contributed by atoms with Crippen LogP contribution >= 0.6 is 0 Å². The number of rotatable bonds is 10. The molecule has 0 aromatic rings. The van der Waals surface area contributed by atoms with E-state index < -0.39 is 76.6 Å². The van der Waals surface area contributed by atoms with Crippen molar-refractivity contribution in [1.29, 1.82) is 0 Å². The number of cyclic esters (lactones) is 1. The molecule has 2 aliphatic carbocycles. The summed E-state index contributed by atoms with van der Waals surface area (Å²) in [5, 5.41) is 9.99. The van der Waals surface area contributed by atoms with E-state index in [2.05, 4.69) is 13.5 Å². The molecule has 0 amide bonds. The van der Waals surface area contributed by atoms with Gasteiger partial charge in [0.1, 0.15) is 37.1 Å². The van der Waals surface area contributed by atoms with Crippen molar-refractivity contribution in [1.82, 2.24) is 0 Å². The number of epoxide rings is 1. The Labute approximate surface area is 251 Å². The third-order valence-electron chi connectivity index (χ3n) is 9.96. The molecule has 0 aromatic carbocycles. The maximum absolute atomic E-state index is 13.1. The van der Waals surface area contributed by atoms with Gasteiger partial charge in [0.05, 0.1) is 23.7 Å². The Bertz CT molecular complexity index is 1220. The fraction of sp³-hybridized carbons (Fsp3) is 0.710. The van der Waals surface area contributed by atoms with E-state index in [9.17, 15) is 29.1 Å². The highest BCUT2D eigenvalue weighted by atomic mass is 16.6. The molecule has 12 nitrogen and oxygen atoms in total. The van der Waals surface area contributed by atoms with Crippen LogP contribution in [0, 0.1) is 22.7 Å². The molecule has 43 heavy (non-hydrogen) atoms. The summed E-state index contributed by atoms with van der Waals surface area (Å²) in [6.07, 6.45) is -0.881. The summed E-state index contributed by atoms with van der Waals surface area (Å²) in [7, 11) is 0. The normalized spacial score (nSPS) is 36.9. The lowest BCUT2D eigenvalue weighted by Crippen LogP contribution is -2.74. The fourth-order valence-corrected chi connectivity index (χ4v) is 7.73. The first-order valence-electron chi connectivity index (χ1n) is 14.6. The number of fused-ring (bicyclic) bond motifs is 2. The van der Waals surface area contributed by atoms with Gasteiger partial charge in [0, 0.05) is 39.2 Å². The van der Waals surface area contributed by atoms with Crippen molar-refractivity contribution in [3.63, 3.8) is 0 Å². The lowest BCUT2D eigenvalue weighted by Gasteiger charge is -2.65. The van der Waals surface area contributed by atoms with Gasteiger partial charge in [-0.3, -0.25) is 14.4 Å². The van der Waals surface area contributed by atoms with Gasteiger partial charge in [0.2, 0.25) is 0 Å². The predicted molar refractivity (Wildman–Crippen MR) is 148 cm³/mol. The van der Waals surface area contributed by atoms with Crippen LogP contribution in [0.3, 0.4) is 0 Å². The van der Waals surface area contributed by atoms with Crippen LogP contribution in [0.25, 0.3) is 0 Å². The Morgan fingerprint density at radius 2 is 1.67 bits per heavy atom. The van der Waals surface area contributed by atoms with Crippen LogP contribution in [0.2, 0.25) is 0 Å². The van der Waals surface area contributed by atoms with Gasteiger partial charge in [-0.05, 0) is 43.1 Å². The molecule has 1 N–H and O–H groups in total. The highest BCUT2D eigenvalue weighted by Gasteiger charge is 2.81. The first kappa shape index (κ1) is 32.7. The van der Waals surface area contributed by atoms with Crippen LogP contribution in [0.1, 0.15) is 67.2 Å². The Kier molecular flexibility index (Phi) is 9.14.